The maximum absolute atomic E-state index is 13.4. The van der Waals surface area contributed by atoms with Crippen LogP contribution in [0, 0.1) is 10.1 Å². The molecule has 0 aromatic heterocycles. The van der Waals surface area contributed by atoms with Gasteiger partial charge in [0.15, 0.2) is 17.1 Å². The van der Waals surface area contributed by atoms with Crippen molar-refractivity contribution in [2.45, 2.75) is 17.5 Å². The van der Waals surface area contributed by atoms with Crippen LogP contribution in [-0.2, 0) is 0 Å². The molecule has 0 saturated carbocycles. The van der Waals surface area contributed by atoms with E-state index >= 15 is 0 Å². The summed E-state index contributed by atoms with van der Waals surface area (Å²) in [5.41, 5.74) is -0.346. The smallest absolute Gasteiger partial charge is 0.235 e. The normalized spacial score (nSPS) is 23.6. The lowest BCUT2D eigenvalue weighted by Gasteiger charge is -2.33. The van der Waals surface area contributed by atoms with Crippen molar-refractivity contribution in [3.63, 3.8) is 0 Å². The molecule has 0 N–H and O–H groups in total. The van der Waals surface area contributed by atoms with Gasteiger partial charge in [-0.2, -0.15) is 0 Å². The number of likely N-dealkylation sites (N-methyl/N-ethyl adjacent to an activating group) is 1. The first-order chi connectivity index (χ1) is 12.9. The molecule has 2 atom stereocenters. The number of hydrogen-bond acceptors (Lipinski definition) is 6. The lowest BCUT2D eigenvalue weighted by molar-refractivity contribution is -0.521. The highest BCUT2D eigenvalue weighted by atomic mass is 16.6. The van der Waals surface area contributed by atoms with Gasteiger partial charge in [0, 0.05) is 16.1 Å². The summed E-state index contributed by atoms with van der Waals surface area (Å²) in [4.78, 5) is 39.8. The predicted octanol–water partition coefficient (Wildman–Crippen LogP) is 2.19. The van der Waals surface area contributed by atoms with Crippen LogP contribution in [0.15, 0.2) is 48.5 Å². The second-order valence-corrected chi connectivity index (χ2v) is 6.95. The van der Waals surface area contributed by atoms with Crippen molar-refractivity contribution in [3.05, 3.63) is 75.3 Å². The van der Waals surface area contributed by atoms with Gasteiger partial charge in [-0.15, -0.1) is 0 Å². The lowest BCUT2D eigenvalue weighted by Crippen LogP contribution is -2.55. The molecule has 7 heteroatoms. The molecular formula is C20H18N2O5. The highest BCUT2D eigenvalue weighted by Crippen LogP contribution is 2.50. The number of fused-ring (bicyclic) bond motifs is 1. The van der Waals surface area contributed by atoms with Crippen LogP contribution in [0.4, 0.5) is 0 Å². The van der Waals surface area contributed by atoms with E-state index < -0.39 is 17.5 Å². The Kier molecular flexibility index (Phi) is 3.85. The van der Waals surface area contributed by atoms with Crippen molar-refractivity contribution in [1.82, 2.24) is 4.90 Å². The van der Waals surface area contributed by atoms with Crippen LogP contribution >= 0.6 is 0 Å². The first kappa shape index (κ1) is 17.4. The molecule has 2 aromatic carbocycles. The van der Waals surface area contributed by atoms with Crippen LogP contribution in [0.25, 0.3) is 0 Å². The summed E-state index contributed by atoms with van der Waals surface area (Å²) in [5.74, 6) is -1.01. The van der Waals surface area contributed by atoms with Gasteiger partial charge in [0.25, 0.3) is 0 Å². The molecule has 2 aromatic rings. The number of rotatable bonds is 3. The molecule has 1 aliphatic heterocycles. The zero-order chi connectivity index (χ0) is 19.3. The van der Waals surface area contributed by atoms with E-state index in [1.807, 2.05) is 0 Å². The SMILES string of the molecule is COc1ccc([C@@H]2[C@@H]([N+](=O)[O-])CN(C)C23C(=O)c2ccccc2C3=O)cc1. The number of Topliss-reactive ketones (excluding diaryl/α,β-unsaturated/α-hetero) is 2. The van der Waals surface area contributed by atoms with Gasteiger partial charge in [-0.1, -0.05) is 36.4 Å². The zero-order valence-corrected chi connectivity index (χ0v) is 14.9. The van der Waals surface area contributed by atoms with E-state index in [1.165, 1.54) is 7.11 Å². The fourth-order valence-electron chi connectivity index (χ4n) is 4.53. The molecule has 0 unspecified atom stereocenters. The first-order valence-corrected chi connectivity index (χ1v) is 8.60. The van der Waals surface area contributed by atoms with E-state index in [0.717, 1.165) is 0 Å². The quantitative estimate of drug-likeness (QED) is 0.470. The molecule has 1 heterocycles. The number of carbonyl (C=O) groups is 2. The number of methoxy groups -OCH3 is 1. The molecule has 7 nitrogen and oxygen atoms in total. The van der Waals surface area contributed by atoms with Crippen molar-refractivity contribution in [1.29, 1.82) is 0 Å². The lowest BCUT2D eigenvalue weighted by atomic mass is 9.74. The average molecular weight is 366 g/mol. The topological polar surface area (TPSA) is 89.8 Å². The van der Waals surface area contributed by atoms with E-state index in [0.29, 0.717) is 22.4 Å². The van der Waals surface area contributed by atoms with E-state index in [-0.39, 0.29) is 23.0 Å². The number of carbonyl (C=O) groups excluding carboxylic acids is 2. The Morgan fingerprint density at radius 2 is 1.63 bits per heavy atom. The fraction of sp³-hybridized carbons (Fsp3) is 0.300. The van der Waals surface area contributed by atoms with E-state index in [9.17, 15) is 19.7 Å². The maximum Gasteiger partial charge on any atom is 0.235 e. The Hall–Kier alpha value is -3.06. The van der Waals surface area contributed by atoms with Crippen LogP contribution < -0.4 is 4.74 Å². The third-order valence-electron chi connectivity index (χ3n) is 5.75. The number of likely N-dealkylation sites (tertiary alicyclic amines) is 1. The summed E-state index contributed by atoms with van der Waals surface area (Å²) in [7, 11) is 3.14. The molecule has 1 spiro atoms. The summed E-state index contributed by atoms with van der Waals surface area (Å²) >= 11 is 0. The molecule has 1 fully saturated rings. The minimum Gasteiger partial charge on any atom is -0.497 e. The van der Waals surface area contributed by atoms with Crippen LogP contribution in [0.5, 0.6) is 5.75 Å². The Morgan fingerprint density at radius 3 is 2.11 bits per heavy atom. The van der Waals surface area contributed by atoms with Gasteiger partial charge in [-0.25, -0.2) is 0 Å². The molecule has 1 saturated heterocycles. The second kappa shape index (κ2) is 5.99. The monoisotopic (exact) mass is 366 g/mol. The van der Waals surface area contributed by atoms with Crippen molar-refractivity contribution in [2.75, 3.05) is 20.7 Å². The van der Waals surface area contributed by atoms with Gasteiger partial charge in [0.1, 0.15) is 5.75 Å². The second-order valence-electron chi connectivity index (χ2n) is 6.95. The third-order valence-corrected chi connectivity index (χ3v) is 5.75. The molecule has 0 amide bonds. The molecular weight excluding hydrogens is 348 g/mol. The van der Waals surface area contributed by atoms with Gasteiger partial charge in [-0.05, 0) is 24.7 Å². The first-order valence-electron chi connectivity index (χ1n) is 8.60. The van der Waals surface area contributed by atoms with Crippen LogP contribution in [0.1, 0.15) is 32.2 Å². The van der Waals surface area contributed by atoms with E-state index in [2.05, 4.69) is 0 Å². The van der Waals surface area contributed by atoms with Crippen LogP contribution in [0.3, 0.4) is 0 Å². The minimum absolute atomic E-state index is 0.0230. The van der Waals surface area contributed by atoms with Crippen molar-refractivity contribution < 1.29 is 19.2 Å². The van der Waals surface area contributed by atoms with Gasteiger partial charge in [0.05, 0.1) is 19.6 Å². The Labute approximate surface area is 155 Å². The van der Waals surface area contributed by atoms with Gasteiger partial charge in [0.2, 0.25) is 6.04 Å². The number of nitrogens with zero attached hydrogens (tertiary/aromatic N) is 2. The number of benzene rings is 2. The third kappa shape index (κ3) is 2.18. The van der Waals surface area contributed by atoms with Crippen LogP contribution in [-0.4, -0.2) is 53.7 Å². The van der Waals surface area contributed by atoms with Crippen molar-refractivity contribution in [2.24, 2.45) is 0 Å². The summed E-state index contributed by atoms with van der Waals surface area (Å²) in [6, 6.07) is 12.3. The zero-order valence-electron chi connectivity index (χ0n) is 14.9. The summed E-state index contributed by atoms with van der Waals surface area (Å²) in [6.45, 7) is 0.0230. The number of ketones is 2. The molecule has 27 heavy (non-hydrogen) atoms. The molecule has 1 aliphatic carbocycles. The van der Waals surface area contributed by atoms with Gasteiger partial charge in [-0.3, -0.25) is 24.6 Å². The molecule has 138 valence electrons. The highest BCUT2D eigenvalue weighted by Gasteiger charge is 2.69. The minimum atomic E-state index is -1.59. The van der Waals surface area contributed by atoms with Crippen molar-refractivity contribution in [3.8, 4) is 5.75 Å². The molecule has 2 aliphatic rings. The number of hydrogen-bond donors (Lipinski definition) is 0. The van der Waals surface area contributed by atoms with E-state index in [1.54, 1.807) is 60.5 Å². The predicted molar refractivity (Wildman–Crippen MR) is 97.0 cm³/mol. The van der Waals surface area contributed by atoms with E-state index in [4.69, 9.17) is 4.74 Å². The van der Waals surface area contributed by atoms with Gasteiger partial charge >= 0.3 is 0 Å². The highest BCUT2D eigenvalue weighted by molar-refractivity contribution is 6.33. The van der Waals surface area contributed by atoms with Crippen LogP contribution in [0.2, 0.25) is 0 Å². The molecule has 4 rings (SSSR count). The molecule has 0 bridgehead atoms. The summed E-state index contributed by atoms with van der Waals surface area (Å²) in [5, 5.41) is 11.8. The standard InChI is InChI=1S/C20H18N2O5/c1-21-11-16(22(25)26)17(12-7-9-13(27-2)10-8-12)20(21)18(23)14-5-3-4-6-15(14)19(20)24/h3-10,16-17H,11H2,1-2H3/t16-,17+/m0/s1. The Balaban J connectivity index is 1.93. The van der Waals surface area contributed by atoms with Gasteiger partial charge < -0.3 is 4.74 Å². The molecule has 0 radical (unpaired) electrons. The average Bonchev–Trinajstić information content (AvgIpc) is 3.11. The summed E-state index contributed by atoms with van der Waals surface area (Å²) in [6.07, 6.45) is 0. The maximum atomic E-state index is 13.4. The number of ether oxygens (including phenoxy) is 1. The Morgan fingerprint density at radius 1 is 1.07 bits per heavy atom. The summed E-state index contributed by atoms with van der Waals surface area (Å²) < 4.78 is 5.16. The Bertz CT molecular complexity index is 918. The largest absolute Gasteiger partial charge is 0.497 e. The van der Waals surface area contributed by atoms with Crippen molar-refractivity contribution >= 4 is 11.6 Å². The fourth-order valence-corrected chi connectivity index (χ4v) is 4.53. The number of nitro groups is 1.